The molecule has 3 fully saturated rings. The maximum atomic E-state index is 14.0. The minimum Gasteiger partial charge on any atom is -0.467 e. The number of benzene rings is 3. The van der Waals surface area contributed by atoms with E-state index >= 15 is 0 Å². The van der Waals surface area contributed by atoms with Gasteiger partial charge in [0.1, 0.15) is 35.8 Å². The molecule has 0 saturated carbocycles. The topological polar surface area (TPSA) is 287 Å². The molecule has 4 atom stereocenters. The quantitative estimate of drug-likeness (QED) is 0.0547. The summed E-state index contributed by atoms with van der Waals surface area (Å²) in [5.74, 6) is -1.04. The Bertz CT molecular complexity index is 4340. The lowest BCUT2D eigenvalue weighted by Gasteiger charge is -2.35. The van der Waals surface area contributed by atoms with Crippen LogP contribution in [0.3, 0.4) is 0 Å². The van der Waals surface area contributed by atoms with E-state index in [0.29, 0.717) is 64.5 Å². The van der Waals surface area contributed by atoms with Gasteiger partial charge in [-0.05, 0) is 137 Å². The number of aliphatic hydroxyl groups is 1. The molecule has 3 saturated heterocycles. The van der Waals surface area contributed by atoms with Crippen molar-refractivity contribution in [2.45, 2.75) is 109 Å². The van der Waals surface area contributed by atoms with Crippen molar-refractivity contribution in [3.8, 4) is 51.4 Å². The predicted octanol–water partition coefficient (Wildman–Crippen LogP) is 13.5. The molecule has 33 heteroatoms. The molecule has 9 aromatic rings. The fraction of sp³-hybridized carbons (Fsp3) is 0.412. The summed E-state index contributed by atoms with van der Waals surface area (Å²) in [5, 5.41) is 23.5. The number of piperidine rings is 3. The van der Waals surface area contributed by atoms with Gasteiger partial charge < -0.3 is 51.2 Å². The van der Waals surface area contributed by atoms with E-state index in [4.69, 9.17) is 101 Å². The zero-order chi connectivity index (χ0) is 72.5. The van der Waals surface area contributed by atoms with Gasteiger partial charge in [0.15, 0.2) is 17.5 Å². The third-order valence-corrected chi connectivity index (χ3v) is 19.9. The van der Waals surface area contributed by atoms with Crippen molar-refractivity contribution in [2.24, 2.45) is 0 Å². The number of amides is 1. The van der Waals surface area contributed by atoms with E-state index < -0.39 is 35.8 Å². The van der Waals surface area contributed by atoms with Gasteiger partial charge in [-0.15, -0.1) is 0 Å². The Balaban J connectivity index is 0.000000164. The lowest BCUT2D eigenvalue weighted by atomic mass is 10.0. The Morgan fingerprint density at radius 3 is 1.16 bits per heavy atom. The van der Waals surface area contributed by atoms with Gasteiger partial charge in [-0.2, -0.15) is 15.3 Å². The third-order valence-electron chi connectivity index (χ3n) is 17.8. The van der Waals surface area contributed by atoms with Crippen molar-refractivity contribution in [3.05, 3.63) is 156 Å². The van der Waals surface area contributed by atoms with Crippen LogP contribution in [0.5, 0.6) is 17.6 Å². The molecule has 3 aliphatic heterocycles. The molecule has 0 spiro atoms. The van der Waals surface area contributed by atoms with E-state index in [1.165, 1.54) is 36.4 Å². The molecular formula is C68H78Cl6F3N19O5. The first-order valence-corrected chi connectivity index (χ1v) is 34.9. The standard InChI is InChI=1S/C24H28Cl2FN7O2.C23H27Cl2FN6O2.C21H23Cl2FN6O/c1-14(21-17(25)4-5-18(27)22(21)26)36-24-23(28)29-11-19(31-24)15-10-30-34(12-15)16-6-8-33(9-7-16)20(35)13-32(2)3;1-13(12-33)31-7-5-16(6-8-31)32-11-15(9-29-32)19-10-28-22(27)23(30-19)34-14(2)20-17(24)3-4-18(26)21(20)25;1-12(18-15(22)3-4-16(24)19(18)23)31-21-20(25)26-10-17(28-21)13-9-27-30(11-13)14-5-7-29(2)8-6-14/h4-5,10-12,14,16H,6-9,13H2,1-3H3,(H2,28,29);3-4,9-11,13-14,16,33H,5-8,12H2,1-2H3,(H2,27,28);3-4,9-12,14H,5-8H2,1-2H3,(H2,25,26). The molecule has 0 bridgehead atoms. The number of ether oxygens (including phenoxy) is 3. The van der Waals surface area contributed by atoms with Crippen molar-refractivity contribution < 1.29 is 37.3 Å². The lowest BCUT2D eigenvalue weighted by molar-refractivity contribution is -0.133. The number of carbonyl (C=O) groups is 1. The van der Waals surface area contributed by atoms with Gasteiger partial charge in [0.05, 0.1) is 101 Å². The van der Waals surface area contributed by atoms with Gasteiger partial charge in [-0.3, -0.25) is 23.7 Å². The number of halogens is 9. The second-order valence-corrected chi connectivity index (χ2v) is 27.6. The molecule has 0 aliphatic carbocycles. The summed E-state index contributed by atoms with van der Waals surface area (Å²) in [7, 11) is 5.90. The molecule has 3 aromatic carbocycles. The molecule has 12 rings (SSSR count). The highest BCUT2D eigenvalue weighted by Crippen LogP contribution is 2.40. The van der Waals surface area contributed by atoms with Gasteiger partial charge >= 0.3 is 0 Å². The van der Waals surface area contributed by atoms with E-state index in [2.05, 4.69) is 62.0 Å². The van der Waals surface area contributed by atoms with Gasteiger partial charge in [-0.25, -0.2) is 43.1 Å². The Kier molecular flexibility index (Phi) is 25.5. The van der Waals surface area contributed by atoms with Crippen molar-refractivity contribution in [2.75, 3.05) is 90.8 Å². The Morgan fingerprint density at radius 2 is 0.842 bits per heavy atom. The van der Waals surface area contributed by atoms with E-state index in [0.717, 1.165) is 81.4 Å². The number of hydrogen-bond acceptors (Lipinski definition) is 20. The fourth-order valence-electron chi connectivity index (χ4n) is 12.0. The van der Waals surface area contributed by atoms with E-state index in [9.17, 15) is 23.1 Å². The summed E-state index contributed by atoms with van der Waals surface area (Å²) in [6.07, 6.45) is 19.1. The number of anilines is 3. The Morgan fingerprint density at radius 1 is 0.525 bits per heavy atom. The van der Waals surface area contributed by atoms with Crippen LogP contribution < -0.4 is 31.4 Å². The van der Waals surface area contributed by atoms with Crippen LogP contribution in [-0.2, 0) is 4.79 Å². The number of likely N-dealkylation sites (N-methyl/N-ethyl adjacent to an activating group) is 1. The highest BCUT2D eigenvalue weighted by Gasteiger charge is 2.30. The number of hydrogen-bond donors (Lipinski definition) is 4. The largest absolute Gasteiger partial charge is 0.467 e. The van der Waals surface area contributed by atoms with Crippen LogP contribution in [0, 0.1) is 17.5 Å². The van der Waals surface area contributed by atoms with Crippen molar-refractivity contribution >= 4 is 93.0 Å². The van der Waals surface area contributed by atoms with Crippen LogP contribution in [0.1, 0.15) is 119 Å². The average Bonchev–Trinajstić information content (AvgIpc) is 1.45. The van der Waals surface area contributed by atoms with Gasteiger partial charge in [0, 0.05) is 99.3 Å². The zero-order valence-corrected chi connectivity index (χ0v) is 61.0. The number of nitrogens with two attached hydrogens (primary N) is 3. The summed E-state index contributed by atoms with van der Waals surface area (Å²) in [6.45, 7) is 12.9. The normalized spacial score (nSPS) is 16.2. The molecule has 9 heterocycles. The first-order valence-electron chi connectivity index (χ1n) is 32.6. The zero-order valence-electron chi connectivity index (χ0n) is 56.5. The average molecular weight is 1510 g/mol. The summed E-state index contributed by atoms with van der Waals surface area (Å²) in [4.78, 5) is 46.8. The van der Waals surface area contributed by atoms with Crippen LogP contribution in [0.25, 0.3) is 33.8 Å². The van der Waals surface area contributed by atoms with Crippen LogP contribution in [0.15, 0.2) is 92.2 Å². The summed E-state index contributed by atoms with van der Waals surface area (Å²) >= 11 is 36.9. The summed E-state index contributed by atoms with van der Waals surface area (Å²) in [5.41, 5.74) is 22.9. The number of rotatable bonds is 19. The number of nitrogen functional groups attached to an aromatic ring is 3. The number of aliphatic hydroxyl groups excluding tert-OH is 1. The summed E-state index contributed by atoms with van der Waals surface area (Å²) in [6, 6.07) is 8.84. The molecule has 7 N–H and O–H groups in total. The molecule has 0 radical (unpaired) electrons. The van der Waals surface area contributed by atoms with E-state index in [1.807, 2.05) is 63.5 Å². The monoisotopic (exact) mass is 1510 g/mol. The summed E-state index contributed by atoms with van der Waals surface area (Å²) < 4.78 is 65.3. The maximum absolute atomic E-state index is 14.0. The second kappa shape index (κ2) is 34.0. The Hall–Kier alpha value is -7.83. The lowest BCUT2D eigenvalue weighted by Crippen LogP contribution is -2.43. The first-order chi connectivity index (χ1) is 48.2. The highest BCUT2D eigenvalue weighted by molar-refractivity contribution is 6.37. The van der Waals surface area contributed by atoms with Crippen molar-refractivity contribution in [1.29, 1.82) is 0 Å². The molecule has 24 nitrogen and oxygen atoms in total. The molecule has 6 aromatic heterocycles. The first kappa shape index (κ1) is 75.8. The minimum atomic E-state index is -0.726. The van der Waals surface area contributed by atoms with Gasteiger partial charge in [-0.1, -0.05) is 69.6 Å². The van der Waals surface area contributed by atoms with Gasteiger partial charge in [0.2, 0.25) is 5.91 Å². The number of carbonyl (C=O) groups excluding carboxylic acids is 1. The van der Waals surface area contributed by atoms with E-state index in [1.54, 1.807) is 58.0 Å². The van der Waals surface area contributed by atoms with Crippen LogP contribution in [-0.4, -0.2) is 169 Å². The highest BCUT2D eigenvalue weighted by atomic mass is 35.5. The minimum absolute atomic E-state index is 0.0800. The molecule has 3 aliphatic rings. The van der Waals surface area contributed by atoms with Crippen LogP contribution in [0.2, 0.25) is 30.1 Å². The number of aromatic nitrogens is 12. The molecule has 101 heavy (non-hydrogen) atoms. The molecule has 538 valence electrons. The van der Waals surface area contributed by atoms with E-state index in [-0.39, 0.29) is 90.8 Å². The van der Waals surface area contributed by atoms with Crippen LogP contribution in [0.4, 0.5) is 30.6 Å². The predicted molar refractivity (Wildman–Crippen MR) is 385 cm³/mol. The number of likely N-dealkylation sites (tertiary alicyclic amines) is 3. The van der Waals surface area contributed by atoms with Crippen molar-refractivity contribution in [3.63, 3.8) is 0 Å². The molecule has 1 amide bonds. The second-order valence-electron chi connectivity index (χ2n) is 25.2. The van der Waals surface area contributed by atoms with Crippen molar-refractivity contribution in [1.82, 2.24) is 78.8 Å². The SMILES string of the molecule is CC(Oc1nc(-c2cnn(C3CCN(C(=O)CN(C)C)CC3)c2)cnc1N)c1c(Cl)ccc(F)c1Cl.CC(Oc1nc(-c2cnn(C3CCN(C(C)CO)CC3)c2)cnc1N)c1c(Cl)ccc(F)c1Cl.CC(Oc1nc(-c2cnn(C3CCN(C)CC3)c2)cnc1N)c1c(Cl)ccc(F)c1Cl. The third kappa shape index (κ3) is 18.5. The van der Waals surface area contributed by atoms with Gasteiger partial charge in [0.25, 0.3) is 17.6 Å². The molecular weight excluding hydrogens is 1430 g/mol. The number of nitrogens with zero attached hydrogens (tertiary/aromatic N) is 16. The maximum Gasteiger partial charge on any atom is 0.258 e. The van der Waals surface area contributed by atoms with Crippen LogP contribution >= 0.6 is 69.6 Å². The smallest absolute Gasteiger partial charge is 0.258 e. The molecule has 4 unspecified atom stereocenters. The fourth-order valence-corrected chi connectivity index (χ4v) is 14.0. The Labute approximate surface area is 612 Å².